The van der Waals surface area contributed by atoms with E-state index in [1.165, 1.54) is 19.9 Å². The van der Waals surface area contributed by atoms with Crippen LogP contribution in [0.1, 0.15) is 43.0 Å². The number of amides is 2. The molecule has 1 aromatic rings. The van der Waals surface area contributed by atoms with Gasteiger partial charge in [-0.05, 0) is 30.7 Å². The van der Waals surface area contributed by atoms with E-state index in [-0.39, 0.29) is 6.54 Å². The SMILES string of the molecule is CCCCCCOc1ccc(C(=O)NNC(=O)CN(C)S(C)(=O)=O)cc1. The summed E-state index contributed by atoms with van der Waals surface area (Å²) < 4.78 is 28.9. The van der Waals surface area contributed by atoms with Crippen LogP contribution in [0.2, 0.25) is 0 Å². The van der Waals surface area contributed by atoms with E-state index < -0.39 is 21.8 Å². The highest BCUT2D eigenvalue weighted by Crippen LogP contribution is 2.13. The largest absolute Gasteiger partial charge is 0.494 e. The molecule has 1 rings (SSSR count). The first kappa shape index (κ1) is 21.9. The Morgan fingerprint density at radius 2 is 1.73 bits per heavy atom. The van der Waals surface area contributed by atoms with Crippen molar-refractivity contribution in [1.29, 1.82) is 0 Å². The molecule has 146 valence electrons. The number of sulfonamides is 1. The fourth-order valence-corrected chi connectivity index (χ4v) is 2.33. The van der Waals surface area contributed by atoms with E-state index in [0.29, 0.717) is 17.9 Å². The van der Waals surface area contributed by atoms with Crippen LogP contribution >= 0.6 is 0 Å². The highest BCUT2D eigenvalue weighted by molar-refractivity contribution is 7.88. The lowest BCUT2D eigenvalue weighted by Crippen LogP contribution is -2.46. The van der Waals surface area contributed by atoms with Gasteiger partial charge in [0, 0.05) is 12.6 Å². The second kappa shape index (κ2) is 10.8. The first-order valence-electron chi connectivity index (χ1n) is 8.47. The summed E-state index contributed by atoms with van der Waals surface area (Å²) in [4.78, 5) is 23.6. The van der Waals surface area contributed by atoms with Crippen molar-refractivity contribution >= 4 is 21.8 Å². The van der Waals surface area contributed by atoms with Crippen molar-refractivity contribution in [3.05, 3.63) is 29.8 Å². The molecule has 0 spiro atoms. The highest BCUT2D eigenvalue weighted by Gasteiger charge is 2.15. The Bertz CT molecular complexity index is 689. The summed E-state index contributed by atoms with van der Waals surface area (Å²) in [5.74, 6) is -0.468. The van der Waals surface area contributed by atoms with Gasteiger partial charge in [0.1, 0.15) is 5.75 Å². The molecule has 0 bridgehead atoms. The number of unbranched alkanes of at least 4 members (excludes halogenated alkanes) is 3. The minimum absolute atomic E-state index is 0.347. The van der Waals surface area contributed by atoms with Gasteiger partial charge in [-0.15, -0.1) is 0 Å². The highest BCUT2D eigenvalue weighted by atomic mass is 32.2. The summed E-state index contributed by atoms with van der Waals surface area (Å²) in [5, 5.41) is 0. The van der Waals surface area contributed by atoms with Gasteiger partial charge in [-0.1, -0.05) is 26.2 Å². The lowest BCUT2D eigenvalue weighted by molar-refractivity contribution is -0.121. The summed E-state index contributed by atoms with van der Waals surface area (Å²) in [6.45, 7) is 2.40. The van der Waals surface area contributed by atoms with Crippen LogP contribution in [0.25, 0.3) is 0 Å². The van der Waals surface area contributed by atoms with Crippen LogP contribution in [0, 0.1) is 0 Å². The van der Waals surface area contributed by atoms with Crippen molar-refractivity contribution in [2.24, 2.45) is 0 Å². The number of rotatable bonds is 10. The van der Waals surface area contributed by atoms with Crippen LogP contribution < -0.4 is 15.6 Å². The van der Waals surface area contributed by atoms with Gasteiger partial charge >= 0.3 is 0 Å². The number of carbonyl (C=O) groups is 2. The molecule has 0 saturated heterocycles. The van der Waals surface area contributed by atoms with Crippen molar-refractivity contribution in [2.45, 2.75) is 32.6 Å². The lowest BCUT2D eigenvalue weighted by atomic mass is 10.2. The molecule has 1 aromatic carbocycles. The van der Waals surface area contributed by atoms with Crippen molar-refractivity contribution < 1.29 is 22.7 Å². The summed E-state index contributed by atoms with van der Waals surface area (Å²) in [6, 6.07) is 6.55. The molecule has 9 heteroatoms. The third-order valence-electron chi connectivity index (χ3n) is 3.63. The van der Waals surface area contributed by atoms with Crippen LogP contribution in [0.15, 0.2) is 24.3 Å². The van der Waals surface area contributed by atoms with E-state index >= 15 is 0 Å². The maximum atomic E-state index is 12.0. The lowest BCUT2D eigenvalue weighted by Gasteiger charge is -2.14. The molecule has 0 fully saturated rings. The molecule has 2 N–H and O–H groups in total. The fourth-order valence-electron chi connectivity index (χ4n) is 1.98. The van der Waals surface area contributed by atoms with Gasteiger partial charge in [-0.2, -0.15) is 4.31 Å². The molecule has 0 unspecified atom stereocenters. The molecule has 26 heavy (non-hydrogen) atoms. The Morgan fingerprint density at radius 1 is 1.08 bits per heavy atom. The van der Waals surface area contributed by atoms with Crippen molar-refractivity contribution in [1.82, 2.24) is 15.2 Å². The molecule has 0 aliphatic heterocycles. The molecule has 0 atom stereocenters. The summed E-state index contributed by atoms with van der Waals surface area (Å²) in [6.07, 6.45) is 5.47. The minimum atomic E-state index is -3.46. The normalized spacial score (nSPS) is 11.2. The topological polar surface area (TPSA) is 105 Å². The quantitative estimate of drug-likeness (QED) is 0.467. The van der Waals surface area contributed by atoms with E-state index in [2.05, 4.69) is 17.8 Å². The van der Waals surface area contributed by atoms with Gasteiger partial charge in [0.25, 0.3) is 11.8 Å². The molecule has 0 aliphatic carbocycles. The second-order valence-corrected chi connectivity index (χ2v) is 8.04. The van der Waals surface area contributed by atoms with Gasteiger partial charge in [0.2, 0.25) is 10.0 Å². The first-order valence-corrected chi connectivity index (χ1v) is 10.3. The maximum Gasteiger partial charge on any atom is 0.269 e. The van der Waals surface area contributed by atoms with Gasteiger partial charge in [0.05, 0.1) is 19.4 Å². The maximum absolute atomic E-state index is 12.0. The van der Waals surface area contributed by atoms with Crippen molar-refractivity contribution in [2.75, 3.05) is 26.5 Å². The Labute approximate surface area is 154 Å². The number of ether oxygens (including phenoxy) is 1. The standard InChI is InChI=1S/C17H27N3O5S/c1-4-5-6-7-12-25-15-10-8-14(9-11-15)17(22)19-18-16(21)13-20(2)26(3,23)24/h8-11H,4-7,12-13H2,1-3H3,(H,18,21)(H,19,22). The number of hydrogen-bond donors (Lipinski definition) is 2. The predicted molar refractivity (Wildman–Crippen MR) is 99.2 cm³/mol. The van der Waals surface area contributed by atoms with Crippen LogP contribution in [0.4, 0.5) is 0 Å². The zero-order chi connectivity index (χ0) is 19.6. The third kappa shape index (κ3) is 8.30. The average molecular weight is 385 g/mol. The molecular formula is C17H27N3O5S. The predicted octanol–water partition coefficient (Wildman–Crippen LogP) is 1.30. The molecule has 2 amide bonds. The first-order chi connectivity index (χ1) is 12.2. The number of hydrazine groups is 1. The molecule has 0 aliphatic rings. The number of nitrogens with one attached hydrogen (secondary N) is 2. The summed E-state index contributed by atoms with van der Waals surface area (Å²) in [5.41, 5.74) is 4.76. The number of nitrogens with zero attached hydrogens (tertiary/aromatic N) is 1. The van der Waals surface area contributed by atoms with E-state index in [1.54, 1.807) is 24.3 Å². The Balaban J connectivity index is 2.39. The Kier molecular flexibility index (Phi) is 9.08. The van der Waals surface area contributed by atoms with Gasteiger partial charge in [-0.25, -0.2) is 8.42 Å². The molecule has 8 nitrogen and oxygen atoms in total. The third-order valence-corrected chi connectivity index (χ3v) is 4.89. The van der Waals surface area contributed by atoms with Crippen LogP contribution in [0.3, 0.4) is 0 Å². The molecular weight excluding hydrogens is 358 g/mol. The second-order valence-electron chi connectivity index (χ2n) is 5.95. The molecule has 0 aromatic heterocycles. The summed E-state index contributed by atoms with van der Waals surface area (Å²) >= 11 is 0. The van der Waals surface area contributed by atoms with E-state index in [4.69, 9.17) is 4.74 Å². The fraction of sp³-hybridized carbons (Fsp3) is 0.529. The van der Waals surface area contributed by atoms with Crippen LogP contribution in [0.5, 0.6) is 5.75 Å². The average Bonchev–Trinajstić information content (AvgIpc) is 2.59. The number of likely N-dealkylation sites (N-methyl/N-ethyl adjacent to an activating group) is 1. The van der Waals surface area contributed by atoms with Crippen LogP contribution in [-0.2, 0) is 14.8 Å². The zero-order valence-corrected chi connectivity index (χ0v) is 16.3. The zero-order valence-electron chi connectivity index (χ0n) is 15.4. The Hall–Kier alpha value is -2.13. The van der Waals surface area contributed by atoms with Crippen LogP contribution in [-0.4, -0.2) is 51.0 Å². The van der Waals surface area contributed by atoms with Crippen molar-refractivity contribution in [3.8, 4) is 5.75 Å². The summed E-state index contributed by atoms with van der Waals surface area (Å²) in [7, 11) is -2.19. The minimum Gasteiger partial charge on any atom is -0.494 e. The smallest absolute Gasteiger partial charge is 0.269 e. The van der Waals surface area contributed by atoms with E-state index in [9.17, 15) is 18.0 Å². The number of carbonyl (C=O) groups excluding carboxylic acids is 2. The molecule has 0 heterocycles. The number of benzene rings is 1. The van der Waals surface area contributed by atoms with Gasteiger partial charge in [0.15, 0.2) is 0 Å². The van der Waals surface area contributed by atoms with E-state index in [0.717, 1.165) is 23.4 Å². The Morgan fingerprint density at radius 3 is 2.31 bits per heavy atom. The monoisotopic (exact) mass is 385 g/mol. The molecule has 0 radical (unpaired) electrons. The number of hydrogen-bond acceptors (Lipinski definition) is 5. The van der Waals surface area contributed by atoms with Crippen molar-refractivity contribution in [3.63, 3.8) is 0 Å². The van der Waals surface area contributed by atoms with E-state index in [1.807, 2.05) is 0 Å². The molecule has 0 saturated carbocycles. The van der Waals surface area contributed by atoms with Gasteiger partial charge < -0.3 is 4.74 Å². The van der Waals surface area contributed by atoms with Gasteiger partial charge in [-0.3, -0.25) is 20.4 Å².